The summed E-state index contributed by atoms with van der Waals surface area (Å²) >= 11 is 0. The van der Waals surface area contributed by atoms with Crippen molar-refractivity contribution < 1.29 is 9.90 Å². The first-order chi connectivity index (χ1) is 6.68. The van der Waals surface area contributed by atoms with Crippen LogP contribution in [0.4, 0.5) is 0 Å². The van der Waals surface area contributed by atoms with Crippen LogP contribution in [0.2, 0.25) is 0 Å². The van der Waals surface area contributed by atoms with Gasteiger partial charge >= 0.3 is 0 Å². The Balaban J connectivity index is 2.30. The summed E-state index contributed by atoms with van der Waals surface area (Å²) in [5, 5.41) is 9.46. The molecule has 0 fully saturated rings. The molecule has 76 valence electrons. The van der Waals surface area contributed by atoms with Crippen LogP contribution < -0.4 is 0 Å². The third-order valence-corrected chi connectivity index (χ3v) is 2.13. The fourth-order valence-corrected chi connectivity index (χ4v) is 1.41. The molecule has 1 aromatic carbocycles. The molecular formula is C12H16O2. The third kappa shape index (κ3) is 4.19. The van der Waals surface area contributed by atoms with Gasteiger partial charge in [0.1, 0.15) is 5.78 Å². The van der Waals surface area contributed by atoms with Crippen molar-refractivity contribution in [3.05, 3.63) is 35.9 Å². The fourth-order valence-electron chi connectivity index (χ4n) is 1.41. The normalized spacial score (nSPS) is 12.4. The molecule has 0 unspecified atom stereocenters. The van der Waals surface area contributed by atoms with Crippen LogP contribution >= 0.6 is 0 Å². The molecule has 0 saturated heterocycles. The van der Waals surface area contributed by atoms with E-state index >= 15 is 0 Å². The molecule has 0 spiro atoms. The number of hydrogen-bond donors (Lipinski definition) is 1. The Kier molecular flexibility index (Phi) is 4.33. The fraction of sp³-hybridized carbons (Fsp3) is 0.417. The Morgan fingerprint density at radius 2 is 2.00 bits per heavy atom. The topological polar surface area (TPSA) is 37.3 Å². The quantitative estimate of drug-likeness (QED) is 0.774. The van der Waals surface area contributed by atoms with Gasteiger partial charge in [-0.15, -0.1) is 0 Å². The number of rotatable bonds is 5. The summed E-state index contributed by atoms with van der Waals surface area (Å²) in [7, 11) is 0. The van der Waals surface area contributed by atoms with E-state index in [4.69, 9.17) is 0 Å². The highest BCUT2D eigenvalue weighted by atomic mass is 16.3. The lowest BCUT2D eigenvalue weighted by Gasteiger charge is -2.07. The van der Waals surface area contributed by atoms with Crippen LogP contribution in [0.5, 0.6) is 0 Å². The van der Waals surface area contributed by atoms with E-state index in [9.17, 15) is 9.90 Å². The van der Waals surface area contributed by atoms with Gasteiger partial charge in [0.05, 0.1) is 6.10 Å². The second-order valence-electron chi connectivity index (χ2n) is 3.58. The van der Waals surface area contributed by atoms with Gasteiger partial charge in [0.15, 0.2) is 0 Å². The minimum atomic E-state index is -0.493. The van der Waals surface area contributed by atoms with Crippen LogP contribution in [0.1, 0.15) is 25.3 Å². The van der Waals surface area contributed by atoms with Crippen LogP contribution in [0.15, 0.2) is 30.3 Å². The van der Waals surface area contributed by atoms with E-state index in [0.29, 0.717) is 6.42 Å². The highest BCUT2D eigenvalue weighted by Crippen LogP contribution is 2.07. The summed E-state index contributed by atoms with van der Waals surface area (Å²) in [4.78, 5) is 10.7. The number of benzene rings is 1. The number of carbonyl (C=O) groups is 1. The van der Waals surface area contributed by atoms with E-state index in [1.807, 2.05) is 30.3 Å². The highest BCUT2D eigenvalue weighted by Gasteiger charge is 2.06. The molecule has 1 aromatic rings. The number of carbonyl (C=O) groups excluding carboxylic acids is 1. The Labute approximate surface area is 84.6 Å². The van der Waals surface area contributed by atoms with Gasteiger partial charge in [-0.1, -0.05) is 30.3 Å². The molecule has 2 heteroatoms. The highest BCUT2D eigenvalue weighted by molar-refractivity contribution is 5.75. The third-order valence-electron chi connectivity index (χ3n) is 2.13. The van der Waals surface area contributed by atoms with Crippen molar-refractivity contribution in [2.45, 2.75) is 32.3 Å². The Bertz CT molecular complexity index is 280. The Hall–Kier alpha value is -1.15. The van der Waals surface area contributed by atoms with Gasteiger partial charge in [-0.05, 0) is 25.3 Å². The number of hydrogen-bond acceptors (Lipinski definition) is 2. The zero-order valence-electron chi connectivity index (χ0n) is 8.44. The smallest absolute Gasteiger partial charge is 0.132 e. The predicted octanol–water partition coefficient (Wildman–Crippen LogP) is 1.96. The summed E-state index contributed by atoms with van der Waals surface area (Å²) in [6.45, 7) is 1.51. The second kappa shape index (κ2) is 5.55. The number of ketones is 1. The minimum absolute atomic E-state index is 0.0468. The van der Waals surface area contributed by atoms with Crippen molar-refractivity contribution in [3.8, 4) is 0 Å². The average Bonchev–Trinajstić information content (AvgIpc) is 2.15. The van der Waals surface area contributed by atoms with Gasteiger partial charge in [-0.25, -0.2) is 0 Å². The van der Waals surface area contributed by atoms with Crippen molar-refractivity contribution in [1.82, 2.24) is 0 Å². The maximum Gasteiger partial charge on any atom is 0.132 e. The first-order valence-electron chi connectivity index (χ1n) is 4.90. The molecule has 0 aliphatic heterocycles. The molecule has 0 aromatic heterocycles. The average molecular weight is 192 g/mol. The largest absolute Gasteiger partial charge is 0.393 e. The van der Waals surface area contributed by atoms with Crippen LogP contribution in [-0.4, -0.2) is 17.0 Å². The van der Waals surface area contributed by atoms with Crippen LogP contribution in [0.3, 0.4) is 0 Å². The zero-order valence-corrected chi connectivity index (χ0v) is 8.44. The Morgan fingerprint density at radius 1 is 1.36 bits per heavy atom. The standard InChI is InChI=1S/C12H16O2/c1-10(13)9-12(14)8-7-11-5-3-2-4-6-11/h2-6,12,14H,7-9H2,1H3/t12-/m0/s1. The number of aliphatic hydroxyl groups excluding tert-OH is 1. The molecule has 1 atom stereocenters. The van der Waals surface area contributed by atoms with E-state index in [0.717, 1.165) is 6.42 Å². The molecule has 0 amide bonds. The maximum absolute atomic E-state index is 10.7. The van der Waals surface area contributed by atoms with Gasteiger partial charge in [0.25, 0.3) is 0 Å². The van der Waals surface area contributed by atoms with Crippen molar-refractivity contribution >= 4 is 5.78 Å². The monoisotopic (exact) mass is 192 g/mol. The lowest BCUT2D eigenvalue weighted by atomic mass is 10.0. The summed E-state index contributed by atoms with van der Waals surface area (Å²) < 4.78 is 0. The van der Waals surface area contributed by atoms with E-state index < -0.39 is 6.10 Å². The van der Waals surface area contributed by atoms with Crippen molar-refractivity contribution in [2.75, 3.05) is 0 Å². The molecule has 0 heterocycles. The van der Waals surface area contributed by atoms with E-state index in [-0.39, 0.29) is 12.2 Å². The summed E-state index contributed by atoms with van der Waals surface area (Å²) in [6.07, 6.45) is 1.26. The zero-order chi connectivity index (χ0) is 10.4. The molecule has 0 radical (unpaired) electrons. The van der Waals surface area contributed by atoms with Crippen molar-refractivity contribution in [3.63, 3.8) is 0 Å². The summed E-state index contributed by atoms with van der Waals surface area (Å²) in [5.41, 5.74) is 1.20. The molecule has 0 saturated carbocycles. The molecule has 0 bridgehead atoms. The van der Waals surface area contributed by atoms with Crippen LogP contribution in [0, 0.1) is 0 Å². The van der Waals surface area contributed by atoms with E-state index in [1.54, 1.807) is 0 Å². The lowest BCUT2D eigenvalue weighted by molar-refractivity contribution is -0.118. The molecule has 0 aliphatic rings. The number of Topliss-reactive ketones (excluding diaryl/α,β-unsaturated/α-hetero) is 1. The van der Waals surface area contributed by atoms with Gasteiger partial charge in [-0.3, -0.25) is 4.79 Å². The Morgan fingerprint density at radius 3 is 2.57 bits per heavy atom. The van der Waals surface area contributed by atoms with Gasteiger partial charge in [0.2, 0.25) is 0 Å². The van der Waals surface area contributed by atoms with Gasteiger partial charge < -0.3 is 5.11 Å². The minimum Gasteiger partial charge on any atom is -0.393 e. The summed E-state index contributed by atoms with van der Waals surface area (Å²) in [5.74, 6) is 0.0468. The number of aliphatic hydroxyl groups is 1. The molecule has 1 N–H and O–H groups in total. The van der Waals surface area contributed by atoms with E-state index in [1.165, 1.54) is 12.5 Å². The van der Waals surface area contributed by atoms with Gasteiger partial charge in [-0.2, -0.15) is 0 Å². The van der Waals surface area contributed by atoms with Crippen LogP contribution in [-0.2, 0) is 11.2 Å². The first kappa shape index (κ1) is 10.9. The van der Waals surface area contributed by atoms with Gasteiger partial charge in [0, 0.05) is 6.42 Å². The predicted molar refractivity (Wildman–Crippen MR) is 56.1 cm³/mol. The number of aryl methyl sites for hydroxylation is 1. The lowest BCUT2D eigenvalue weighted by Crippen LogP contribution is -2.12. The molecule has 0 aliphatic carbocycles. The molecule has 14 heavy (non-hydrogen) atoms. The van der Waals surface area contributed by atoms with E-state index in [2.05, 4.69) is 0 Å². The first-order valence-corrected chi connectivity index (χ1v) is 4.90. The van der Waals surface area contributed by atoms with Crippen LogP contribution in [0.25, 0.3) is 0 Å². The summed E-state index contributed by atoms with van der Waals surface area (Å²) in [6, 6.07) is 9.98. The second-order valence-corrected chi connectivity index (χ2v) is 3.58. The van der Waals surface area contributed by atoms with Crippen molar-refractivity contribution in [2.24, 2.45) is 0 Å². The maximum atomic E-state index is 10.7. The van der Waals surface area contributed by atoms with Crippen molar-refractivity contribution in [1.29, 1.82) is 0 Å². The molecule has 2 nitrogen and oxygen atoms in total. The SMILES string of the molecule is CC(=O)C[C@@H](O)CCc1ccccc1. The molecule has 1 rings (SSSR count). The molecular weight excluding hydrogens is 176 g/mol.